The number of halogens is 1. The second-order valence-corrected chi connectivity index (χ2v) is 11.3. The van der Waals surface area contributed by atoms with Gasteiger partial charge in [0.05, 0.1) is 19.2 Å². The Morgan fingerprint density at radius 3 is 2.45 bits per heavy atom. The zero-order chi connectivity index (χ0) is 28.3. The van der Waals surface area contributed by atoms with Gasteiger partial charge in [0, 0.05) is 49.2 Å². The van der Waals surface area contributed by atoms with Gasteiger partial charge in [-0.25, -0.2) is 0 Å². The van der Waals surface area contributed by atoms with Crippen LogP contribution >= 0.6 is 15.9 Å². The fraction of sp³-hybridized carbons (Fsp3) is 0.438. The number of aromatic nitrogens is 1. The summed E-state index contributed by atoms with van der Waals surface area (Å²) >= 11 is 3.51. The number of rotatable bonds is 13. The molecule has 1 fully saturated rings. The van der Waals surface area contributed by atoms with Crippen LogP contribution in [-0.2, 0) is 22.6 Å². The van der Waals surface area contributed by atoms with Gasteiger partial charge in [-0.2, -0.15) is 0 Å². The largest absolute Gasteiger partial charge is 0.496 e. The van der Waals surface area contributed by atoms with Crippen molar-refractivity contribution < 1.29 is 19.1 Å². The summed E-state index contributed by atoms with van der Waals surface area (Å²) in [6.45, 7) is 2.21. The molecule has 0 aliphatic heterocycles. The van der Waals surface area contributed by atoms with Crippen LogP contribution in [0.3, 0.4) is 0 Å². The number of methoxy groups -OCH3 is 2. The van der Waals surface area contributed by atoms with Gasteiger partial charge >= 0.3 is 0 Å². The van der Waals surface area contributed by atoms with Crippen molar-refractivity contribution in [2.45, 2.75) is 57.7 Å². The Morgan fingerprint density at radius 2 is 1.73 bits per heavy atom. The number of nitrogens with zero attached hydrogens (tertiary/aromatic N) is 3. The summed E-state index contributed by atoms with van der Waals surface area (Å²) in [6, 6.07) is 19.8. The highest BCUT2D eigenvalue weighted by atomic mass is 79.9. The van der Waals surface area contributed by atoms with E-state index < -0.39 is 0 Å². The number of hydrogen-bond donors (Lipinski definition) is 0. The highest BCUT2D eigenvalue weighted by Gasteiger charge is 2.29. The fourth-order valence-electron chi connectivity index (χ4n) is 5.42. The van der Waals surface area contributed by atoms with Crippen molar-refractivity contribution in [2.24, 2.45) is 0 Å². The summed E-state index contributed by atoms with van der Waals surface area (Å²) < 4.78 is 14.0. The molecule has 1 aromatic heterocycles. The topological polar surface area (TPSA) is 64.0 Å². The van der Waals surface area contributed by atoms with Crippen LogP contribution in [0.4, 0.5) is 0 Å². The van der Waals surface area contributed by atoms with Crippen LogP contribution < -0.4 is 4.74 Å². The number of carbonyl (C=O) groups is 2. The summed E-state index contributed by atoms with van der Waals surface area (Å²) in [6.07, 6.45) is 8.13. The van der Waals surface area contributed by atoms with Crippen LogP contribution in [0.5, 0.6) is 5.75 Å². The van der Waals surface area contributed by atoms with Gasteiger partial charge in [0.2, 0.25) is 5.91 Å². The molecule has 0 radical (unpaired) electrons. The van der Waals surface area contributed by atoms with Crippen molar-refractivity contribution in [3.8, 4) is 5.75 Å². The lowest BCUT2D eigenvalue weighted by atomic mass is 9.94. The van der Waals surface area contributed by atoms with Crippen molar-refractivity contribution in [1.82, 2.24) is 14.4 Å². The molecule has 0 N–H and O–H groups in total. The van der Waals surface area contributed by atoms with E-state index in [0.29, 0.717) is 37.4 Å². The van der Waals surface area contributed by atoms with E-state index in [9.17, 15) is 9.59 Å². The minimum absolute atomic E-state index is 0.0184. The van der Waals surface area contributed by atoms with Crippen LogP contribution in [-0.4, -0.2) is 66.1 Å². The first-order valence-electron chi connectivity index (χ1n) is 14.1. The molecule has 1 aliphatic carbocycles. The number of carbonyl (C=O) groups excluding carboxylic acids is 2. The summed E-state index contributed by atoms with van der Waals surface area (Å²) in [5.41, 5.74) is 2.74. The Morgan fingerprint density at radius 1 is 0.975 bits per heavy atom. The molecule has 1 heterocycles. The van der Waals surface area contributed by atoms with E-state index in [1.54, 1.807) is 31.3 Å². The predicted octanol–water partition coefficient (Wildman–Crippen LogP) is 6.15. The van der Waals surface area contributed by atoms with Gasteiger partial charge in [0.25, 0.3) is 5.91 Å². The molecule has 40 heavy (non-hydrogen) atoms. The third kappa shape index (κ3) is 7.98. The maximum absolute atomic E-state index is 14.1. The van der Waals surface area contributed by atoms with Crippen molar-refractivity contribution in [2.75, 3.05) is 33.9 Å². The minimum atomic E-state index is -0.205. The van der Waals surface area contributed by atoms with E-state index in [0.717, 1.165) is 42.4 Å². The van der Waals surface area contributed by atoms with E-state index in [1.165, 1.54) is 12.0 Å². The summed E-state index contributed by atoms with van der Waals surface area (Å²) in [5.74, 6) is 0.277. The molecular weight excluding hydrogens is 570 g/mol. The molecule has 214 valence electrons. The van der Waals surface area contributed by atoms with Crippen molar-refractivity contribution in [3.63, 3.8) is 0 Å². The van der Waals surface area contributed by atoms with Crippen LogP contribution in [0.25, 0.3) is 0 Å². The molecule has 0 saturated heterocycles. The summed E-state index contributed by atoms with van der Waals surface area (Å²) in [7, 11) is 3.20. The Labute approximate surface area is 246 Å². The number of hydrogen-bond acceptors (Lipinski definition) is 4. The van der Waals surface area contributed by atoms with Crippen molar-refractivity contribution in [3.05, 3.63) is 88.2 Å². The molecule has 1 aliphatic rings. The second kappa shape index (κ2) is 15.1. The van der Waals surface area contributed by atoms with Crippen molar-refractivity contribution in [1.29, 1.82) is 0 Å². The maximum atomic E-state index is 14.1. The normalized spacial score (nSPS) is 13.7. The molecule has 7 nitrogen and oxygen atoms in total. The molecule has 8 heteroatoms. The lowest BCUT2D eigenvalue weighted by Gasteiger charge is -2.36. The molecule has 2 amide bonds. The van der Waals surface area contributed by atoms with E-state index >= 15 is 0 Å². The van der Waals surface area contributed by atoms with Gasteiger partial charge in [-0.1, -0.05) is 59.5 Å². The molecule has 0 unspecified atom stereocenters. The number of benzene rings is 2. The van der Waals surface area contributed by atoms with Crippen molar-refractivity contribution >= 4 is 27.7 Å². The Balaban J connectivity index is 1.56. The number of para-hydroxylation sites is 1. The van der Waals surface area contributed by atoms with E-state index in [-0.39, 0.29) is 24.4 Å². The first-order valence-corrected chi connectivity index (χ1v) is 14.9. The van der Waals surface area contributed by atoms with Gasteiger partial charge in [-0.15, -0.1) is 0 Å². The summed E-state index contributed by atoms with van der Waals surface area (Å²) in [5, 5.41) is 0. The van der Waals surface area contributed by atoms with Crippen LogP contribution in [0.15, 0.2) is 71.3 Å². The first kappa shape index (κ1) is 29.9. The van der Waals surface area contributed by atoms with Gasteiger partial charge in [0.1, 0.15) is 12.3 Å². The second-order valence-electron chi connectivity index (χ2n) is 10.3. The molecule has 3 aromatic rings. The zero-order valence-electron chi connectivity index (χ0n) is 23.6. The average Bonchev–Trinajstić information content (AvgIpc) is 3.42. The molecule has 0 atom stereocenters. The smallest absolute Gasteiger partial charge is 0.258 e. The van der Waals surface area contributed by atoms with Gasteiger partial charge in [-0.05, 0) is 61.2 Å². The average molecular weight is 611 g/mol. The maximum Gasteiger partial charge on any atom is 0.258 e. The predicted molar refractivity (Wildman–Crippen MR) is 160 cm³/mol. The Bertz CT molecular complexity index is 1240. The fourth-order valence-corrected chi connectivity index (χ4v) is 5.68. The standard InChI is InChI=1S/C32H40BrN3O4/c1-39-21-9-20-35(32(38)29-13-6-7-14-30(29)40-2)24-31(37)36(27-10-4-3-5-11-27)23-28-12-8-19-34(28)22-25-15-17-26(33)18-16-25/h6-8,12-19,27H,3-5,9-11,20-24H2,1-2H3. The molecule has 4 rings (SSSR count). The van der Waals surface area contributed by atoms with Gasteiger partial charge in [0.15, 0.2) is 0 Å². The SMILES string of the molecule is COCCCN(CC(=O)N(Cc1cccn1Cc1ccc(Br)cc1)C1CCCCC1)C(=O)c1ccccc1OC. The minimum Gasteiger partial charge on any atom is -0.496 e. The van der Waals surface area contributed by atoms with Gasteiger partial charge < -0.3 is 23.8 Å². The van der Waals surface area contributed by atoms with Crippen LogP contribution in [0.2, 0.25) is 0 Å². The molecule has 2 aromatic carbocycles. The monoisotopic (exact) mass is 609 g/mol. The first-order chi connectivity index (χ1) is 19.5. The van der Waals surface area contributed by atoms with Crippen LogP contribution in [0, 0.1) is 0 Å². The third-order valence-electron chi connectivity index (χ3n) is 7.59. The molecule has 1 saturated carbocycles. The zero-order valence-corrected chi connectivity index (χ0v) is 25.1. The molecule has 0 spiro atoms. The van der Waals surface area contributed by atoms with Crippen LogP contribution in [0.1, 0.15) is 60.1 Å². The third-order valence-corrected chi connectivity index (χ3v) is 8.11. The molecular formula is C32H40BrN3O4. The highest BCUT2D eigenvalue weighted by Crippen LogP contribution is 2.26. The number of ether oxygens (including phenoxy) is 2. The van der Waals surface area contributed by atoms with E-state index in [4.69, 9.17) is 9.47 Å². The van der Waals surface area contributed by atoms with Gasteiger partial charge in [-0.3, -0.25) is 9.59 Å². The summed E-state index contributed by atoms with van der Waals surface area (Å²) in [4.78, 5) is 31.4. The quantitative estimate of drug-likeness (QED) is 0.218. The Hall–Kier alpha value is -3.10. The number of amides is 2. The molecule has 0 bridgehead atoms. The Kier molecular flexibility index (Phi) is 11.2. The van der Waals surface area contributed by atoms with E-state index in [2.05, 4.69) is 44.9 Å². The highest BCUT2D eigenvalue weighted by molar-refractivity contribution is 9.10. The van der Waals surface area contributed by atoms with E-state index in [1.807, 2.05) is 35.2 Å². The lowest BCUT2D eigenvalue weighted by molar-refractivity contribution is -0.135. The lowest BCUT2D eigenvalue weighted by Crippen LogP contribution is -2.48.